The van der Waals surface area contributed by atoms with Gasteiger partial charge in [-0.3, -0.25) is 9.36 Å². The van der Waals surface area contributed by atoms with E-state index in [9.17, 15) is 13.2 Å². The second-order valence-corrected chi connectivity index (χ2v) is 11.2. The lowest BCUT2D eigenvalue weighted by molar-refractivity contribution is -0.113. The summed E-state index contributed by atoms with van der Waals surface area (Å²) in [4.78, 5) is 12.8. The van der Waals surface area contributed by atoms with Crippen LogP contribution < -0.4 is 10.1 Å². The number of anilines is 1. The lowest BCUT2D eigenvalue weighted by Gasteiger charge is -2.11. The molecule has 36 heavy (non-hydrogen) atoms. The first-order valence-electron chi connectivity index (χ1n) is 10.8. The number of sulfone groups is 1. The van der Waals surface area contributed by atoms with E-state index in [1.54, 1.807) is 47.0 Å². The molecule has 0 aliphatic rings. The molecule has 0 saturated carbocycles. The predicted molar refractivity (Wildman–Crippen MR) is 141 cm³/mol. The zero-order valence-corrected chi connectivity index (χ0v) is 21.9. The first-order valence-corrected chi connectivity index (χ1v) is 13.8. The average molecular weight is 543 g/mol. The van der Waals surface area contributed by atoms with Crippen molar-refractivity contribution in [1.82, 2.24) is 14.8 Å². The Morgan fingerprint density at radius 2 is 1.78 bits per heavy atom. The highest BCUT2D eigenvalue weighted by Gasteiger charge is 2.23. The Bertz CT molecular complexity index is 1470. The van der Waals surface area contributed by atoms with Gasteiger partial charge in [-0.15, -0.1) is 10.2 Å². The van der Waals surface area contributed by atoms with Gasteiger partial charge in [-0.1, -0.05) is 59.3 Å². The van der Waals surface area contributed by atoms with Crippen molar-refractivity contribution in [2.24, 2.45) is 0 Å². The van der Waals surface area contributed by atoms with E-state index in [1.165, 1.54) is 7.11 Å². The quantitative estimate of drug-likeness (QED) is 0.299. The summed E-state index contributed by atoms with van der Waals surface area (Å²) in [5, 5.41) is 11.9. The summed E-state index contributed by atoms with van der Waals surface area (Å²) >= 11 is 7.28. The number of halogens is 1. The number of thioether (sulfide) groups is 1. The van der Waals surface area contributed by atoms with Gasteiger partial charge in [0.25, 0.3) is 0 Å². The molecule has 11 heteroatoms. The number of amides is 1. The molecule has 1 N–H and O–H groups in total. The van der Waals surface area contributed by atoms with Crippen LogP contribution in [0, 0.1) is 6.92 Å². The van der Waals surface area contributed by atoms with Crippen LogP contribution in [-0.4, -0.2) is 42.0 Å². The van der Waals surface area contributed by atoms with E-state index in [4.69, 9.17) is 16.3 Å². The Labute approximate surface area is 218 Å². The van der Waals surface area contributed by atoms with E-state index < -0.39 is 9.84 Å². The molecule has 4 rings (SSSR count). The van der Waals surface area contributed by atoms with Crippen LogP contribution in [0.15, 0.2) is 82.8 Å². The molecule has 0 spiro atoms. The maximum absolute atomic E-state index is 13.1. The highest BCUT2D eigenvalue weighted by Crippen LogP contribution is 2.28. The van der Waals surface area contributed by atoms with Crippen molar-refractivity contribution in [3.05, 3.63) is 89.2 Å². The Morgan fingerprint density at radius 3 is 2.44 bits per heavy atom. The van der Waals surface area contributed by atoms with Crippen LogP contribution in [0.25, 0.3) is 5.69 Å². The van der Waals surface area contributed by atoms with Crippen molar-refractivity contribution in [3.63, 3.8) is 0 Å². The number of nitrogens with zero attached hydrogens (tertiary/aromatic N) is 3. The Kier molecular flexibility index (Phi) is 7.97. The lowest BCUT2D eigenvalue weighted by atomic mass is 10.2. The number of aryl methyl sites for hydroxylation is 1. The third kappa shape index (κ3) is 6.07. The lowest BCUT2D eigenvalue weighted by Crippen LogP contribution is -2.15. The topological polar surface area (TPSA) is 103 Å². The minimum Gasteiger partial charge on any atom is -0.495 e. The molecule has 1 aromatic heterocycles. The molecule has 0 saturated heterocycles. The number of hydrogen-bond acceptors (Lipinski definition) is 7. The summed E-state index contributed by atoms with van der Waals surface area (Å²) in [5.41, 5.74) is 2.19. The van der Waals surface area contributed by atoms with Gasteiger partial charge in [0, 0.05) is 11.4 Å². The Hall–Kier alpha value is -3.34. The van der Waals surface area contributed by atoms with Crippen LogP contribution in [0.3, 0.4) is 0 Å². The summed E-state index contributed by atoms with van der Waals surface area (Å²) in [7, 11) is -2.15. The molecule has 3 aromatic carbocycles. The van der Waals surface area contributed by atoms with Crippen molar-refractivity contribution in [2.45, 2.75) is 22.7 Å². The van der Waals surface area contributed by atoms with Gasteiger partial charge >= 0.3 is 0 Å². The molecule has 0 fully saturated rings. The molecule has 4 aromatic rings. The van der Waals surface area contributed by atoms with Gasteiger partial charge in [0.15, 0.2) is 20.8 Å². The molecule has 0 aliphatic carbocycles. The highest BCUT2D eigenvalue weighted by atomic mass is 35.5. The molecule has 0 aliphatic heterocycles. The zero-order valence-electron chi connectivity index (χ0n) is 19.5. The molecular weight excluding hydrogens is 520 g/mol. The molecular formula is C25H23ClN4O4S2. The van der Waals surface area contributed by atoms with E-state index in [1.807, 2.05) is 37.3 Å². The summed E-state index contributed by atoms with van der Waals surface area (Å²) in [5.74, 6) is 0.173. The van der Waals surface area contributed by atoms with Gasteiger partial charge in [-0.2, -0.15) is 0 Å². The van der Waals surface area contributed by atoms with Crippen LogP contribution in [0.5, 0.6) is 5.75 Å². The first-order chi connectivity index (χ1) is 17.3. The standard InChI is InChI=1S/C25H23ClN4O4S2/c1-17-8-11-20(12-9-17)36(32,33)16-23-28-29-25(30(23)19-6-4-3-5-7-19)35-15-24(31)27-18-10-13-22(34-2)21(26)14-18/h3-14H,15-16H2,1-2H3,(H,27,31). The fourth-order valence-electron chi connectivity index (χ4n) is 3.39. The van der Waals surface area contributed by atoms with Gasteiger partial charge in [0.1, 0.15) is 11.5 Å². The minimum atomic E-state index is -3.66. The smallest absolute Gasteiger partial charge is 0.234 e. The molecule has 0 atom stereocenters. The third-order valence-electron chi connectivity index (χ3n) is 5.18. The van der Waals surface area contributed by atoms with Gasteiger partial charge in [0.05, 0.1) is 22.8 Å². The van der Waals surface area contributed by atoms with Gasteiger partial charge in [0.2, 0.25) is 5.91 Å². The van der Waals surface area contributed by atoms with Crippen LogP contribution in [0.1, 0.15) is 11.4 Å². The summed E-state index contributed by atoms with van der Waals surface area (Å²) < 4.78 is 32.9. The number of carbonyl (C=O) groups is 1. The van der Waals surface area contributed by atoms with Crippen LogP contribution in [-0.2, 0) is 20.4 Å². The van der Waals surface area contributed by atoms with E-state index in [-0.39, 0.29) is 28.1 Å². The van der Waals surface area contributed by atoms with Crippen molar-refractivity contribution in [3.8, 4) is 11.4 Å². The fraction of sp³-hybridized carbons (Fsp3) is 0.160. The van der Waals surface area contributed by atoms with Crippen molar-refractivity contribution in [1.29, 1.82) is 0 Å². The van der Waals surface area contributed by atoms with E-state index in [2.05, 4.69) is 15.5 Å². The fourth-order valence-corrected chi connectivity index (χ4v) is 5.67. The molecule has 0 bridgehead atoms. The molecule has 1 amide bonds. The highest BCUT2D eigenvalue weighted by molar-refractivity contribution is 7.99. The number of benzene rings is 3. The van der Waals surface area contributed by atoms with Gasteiger partial charge in [-0.25, -0.2) is 8.42 Å². The van der Waals surface area contributed by atoms with E-state index >= 15 is 0 Å². The number of hydrogen-bond donors (Lipinski definition) is 1. The second kappa shape index (κ2) is 11.2. The summed E-state index contributed by atoms with van der Waals surface area (Å²) in [6, 6.07) is 20.8. The summed E-state index contributed by atoms with van der Waals surface area (Å²) in [6.45, 7) is 1.89. The number of ether oxygens (including phenoxy) is 1. The van der Waals surface area contributed by atoms with Gasteiger partial charge < -0.3 is 10.1 Å². The second-order valence-electron chi connectivity index (χ2n) is 7.83. The Morgan fingerprint density at radius 1 is 1.06 bits per heavy atom. The van der Waals surface area contributed by atoms with E-state index in [0.717, 1.165) is 17.3 Å². The largest absolute Gasteiger partial charge is 0.495 e. The molecule has 8 nitrogen and oxygen atoms in total. The van der Waals surface area contributed by atoms with Gasteiger partial charge in [-0.05, 0) is 49.4 Å². The van der Waals surface area contributed by atoms with Crippen molar-refractivity contribution in [2.75, 3.05) is 18.2 Å². The molecule has 186 valence electrons. The van der Waals surface area contributed by atoms with Crippen molar-refractivity contribution < 1.29 is 17.9 Å². The summed E-state index contributed by atoms with van der Waals surface area (Å²) in [6.07, 6.45) is 0. The SMILES string of the molecule is COc1ccc(NC(=O)CSc2nnc(CS(=O)(=O)c3ccc(C)cc3)n2-c2ccccc2)cc1Cl. The number of para-hydroxylation sites is 1. The minimum absolute atomic E-state index is 0.0271. The first kappa shape index (κ1) is 25.7. The van der Waals surface area contributed by atoms with Crippen LogP contribution in [0.2, 0.25) is 5.02 Å². The van der Waals surface area contributed by atoms with Crippen LogP contribution >= 0.6 is 23.4 Å². The predicted octanol–water partition coefficient (Wildman–Crippen LogP) is 4.94. The average Bonchev–Trinajstić information content (AvgIpc) is 3.25. The zero-order chi connectivity index (χ0) is 25.7. The monoisotopic (exact) mass is 542 g/mol. The third-order valence-corrected chi connectivity index (χ3v) is 8.03. The van der Waals surface area contributed by atoms with E-state index in [0.29, 0.717) is 27.3 Å². The number of rotatable bonds is 9. The maximum atomic E-state index is 13.1. The number of methoxy groups -OCH3 is 1. The van der Waals surface area contributed by atoms with Crippen molar-refractivity contribution >= 4 is 44.8 Å². The number of aromatic nitrogens is 3. The maximum Gasteiger partial charge on any atom is 0.234 e. The Balaban J connectivity index is 1.55. The van der Waals surface area contributed by atoms with Crippen LogP contribution in [0.4, 0.5) is 5.69 Å². The normalized spacial score (nSPS) is 11.3. The molecule has 0 radical (unpaired) electrons. The molecule has 1 heterocycles. The molecule has 0 unspecified atom stereocenters. The number of nitrogens with one attached hydrogen (secondary N) is 1. The number of carbonyl (C=O) groups excluding carboxylic acids is 1.